The van der Waals surface area contributed by atoms with Crippen molar-refractivity contribution in [3.63, 3.8) is 0 Å². The van der Waals surface area contributed by atoms with Crippen LogP contribution in [0.4, 0.5) is 4.79 Å². The van der Waals surface area contributed by atoms with E-state index in [-0.39, 0.29) is 12.1 Å². The molecule has 0 aromatic heterocycles. The van der Waals surface area contributed by atoms with Crippen LogP contribution in [0.1, 0.15) is 20.3 Å². The van der Waals surface area contributed by atoms with Gasteiger partial charge >= 0.3 is 12.0 Å². The smallest absolute Gasteiger partial charge is 0.320 e. The molecule has 0 aliphatic carbocycles. The highest BCUT2D eigenvalue weighted by Crippen LogP contribution is 2.17. The van der Waals surface area contributed by atoms with Crippen molar-refractivity contribution < 1.29 is 14.7 Å². The van der Waals surface area contributed by atoms with E-state index in [9.17, 15) is 9.59 Å². The SMILES string of the molecule is CCC(C)N1CC(C(=O)O)CN(C)C1=O. The van der Waals surface area contributed by atoms with Gasteiger partial charge in [0.2, 0.25) is 0 Å². The Morgan fingerprint density at radius 3 is 2.67 bits per heavy atom. The molecule has 1 rings (SSSR count). The van der Waals surface area contributed by atoms with E-state index in [1.165, 1.54) is 4.90 Å². The van der Waals surface area contributed by atoms with E-state index in [1.54, 1.807) is 11.9 Å². The van der Waals surface area contributed by atoms with Crippen LogP contribution in [-0.2, 0) is 4.79 Å². The van der Waals surface area contributed by atoms with Crippen molar-refractivity contribution in [2.45, 2.75) is 26.3 Å². The van der Waals surface area contributed by atoms with Crippen LogP contribution in [-0.4, -0.2) is 53.1 Å². The van der Waals surface area contributed by atoms with Crippen LogP contribution in [0.3, 0.4) is 0 Å². The van der Waals surface area contributed by atoms with Gasteiger partial charge in [0.25, 0.3) is 0 Å². The summed E-state index contributed by atoms with van der Waals surface area (Å²) < 4.78 is 0. The van der Waals surface area contributed by atoms with Crippen LogP contribution in [0.15, 0.2) is 0 Å². The molecular formula is C10H18N2O3. The molecule has 0 bridgehead atoms. The highest BCUT2D eigenvalue weighted by Gasteiger charge is 2.35. The molecule has 0 spiro atoms. The fraction of sp³-hybridized carbons (Fsp3) is 0.800. The topological polar surface area (TPSA) is 60.9 Å². The van der Waals surface area contributed by atoms with Gasteiger partial charge in [-0.15, -0.1) is 0 Å². The number of nitrogens with zero attached hydrogens (tertiary/aromatic N) is 2. The van der Waals surface area contributed by atoms with E-state index in [1.807, 2.05) is 13.8 Å². The molecule has 2 atom stereocenters. The van der Waals surface area contributed by atoms with Gasteiger partial charge in [-0.2, -0.15) is 0 Å². The minimum absolute atomic E-state index is 0.0677. The number of amides is 2. The lowest BCUT2D eigenvalue weighted by Gasteiger charge is -2.39. The van der Waals surface area contributed by atoms with Gasteiger partial charge in [-0.1, -0.05) is 6.92 Å². The Bertz CT molecular complexity index is 267. The summed E-state index contributed by atoms with van der Waals surface area (Å²) in [6.07, 6.45) is 0.839. The standard InChI is InChI=1S/C10H18N2O3/c1-4-7(2)12-6-8(9(13)14)5-11(3)10(12)15/h7-8H,4-6H2,1-3H3,(H,13,14). The summed E-state index contributed by atoms with van der Waals surface area (Å²) in [4.78, 5) is 25.8. The molecule has 1 saturated heterocycles. The maximum absolute atomic E-state index is 11.8. The van der Waals surface area contributed by atoms with Crippen molar-refractivity contribution >= 4 is 12.0 Å². The number of carboxylic acids is 1. The number of hydrogen-bond acceptors (Lipinski definition) is 2. The quantitative estimate of drug-likeness (QED) is 0.757. The molecule has 1 heterocycles. The van der Waals surface area contributed by atoms with Crippen LogP contribution in [0.25, 0.3) is 0 Å². The van der Waals surface area contributed by atoms with E-state index in [0.29, 0.717) is 13.1 Å². The minimum Gasteiger partial charge on any atom is -0.481 e. The van der Waals surface area contributed by atoms with Gasteiger partial charge in [-0.3, -0.25) is 4.79 Å². The number of carboxylic acid groups (broad SMARTS) is 1. The molecule has 0 aromatic rings. The van der Waals surface area contributed by atoms with Crippen molar-refractivity contribution in [1.29, 1.82) is 0 Å². The predicted molar refractivity (Wildman–Crippen MR) is 55.6 cm³/mol. The zero-order chi connectivity index (χ0) is 11.6. The van der Waals surface area contributed by atoms with Gasteiger partial charge in [-0.25, -0.2) is 4.79 Å². The Labute approximate surface area is 89.7 Å². The molecule has 2 unspecified atom stereocenters. The maximum atomic E-state index is 11.8. The summed E-state index contributed by atoms with van der Waals surface area (Å²) in [6.45, 7) is 4.56. The lowest BCUT2D eigenvalue weighted by Crippen LogP contribution is -2.56. The first kappa shape index (κ1) is 11.8. The second-order valence-electron chi connectivity index (χ2n) is 4.11. The van der Waals surface area contributed by atoms with Gasteiger partial charge in [0, 0.05) is 26.2 Å². The normalized spacial score (nSPS) is 24.2. The van der Waals surface area contributed by atoms with Crippen molar-refractivity contribution in [2.75, 3.05) is 20.1 Å². The van der Waals surface area contributed by atoms with Gasteiger partial charge in [0.05, 0.1) is 5.92 Å². The third-order valence-corrected chi connectivity index (χ3v) is 2.96. The molecule has 0 radical (unpaired) electrons. The van der Waals surface area contributed by atoms with E-state index in [0.717, 1.165) is 6.42 Å². The Hall–Kier alpha value is -1.26. The van der Waals surface area contributed by atoms with Crippen molar-refractivity contribution in [3.05, 3.63) is 0 Å². The first-order valence-corrected chi connectivity index (χ1v) is 5.21. The van der Waals surface area contributed by atoms with Crippen LogP contribution >= 0.6 is 0 Å². The number of aliphatic carboxylic acids is 1. The lowest BCUT2D eigenvalue weighted by molar-refractivity contribution is -0.143. The van der Waals surface area contributed by atoms with Crippen molar-refractivity contribution in [1.82, 2.24) is 9.80 Å². The first-order valence-electron chi connectivity index (χ1n) is 5.21. The van der Waals surface area contributed by atoms with Gasteiger partial charge < -0.3 is 14.9 Å². The van der Waals surface area contributed by atoms with Crippen LogP contribution in [0.5, 0.6) is 0 Å². The van der Waals surface area contributed by atoms with Gasteiger partial charge in [-0.05, 0) is 13.3 Å². The van der Waals surface area contributed by atoms with E-state index >= 15 is 0 Å². The molecular weight excluding hydrogens is 196 g/mol. The molecule has 1 fully saturated rings. The number of hydrogen-bond donors (Lipinski definition) is 1. The maximum Gasteiger partial charge on any atom is 0.320 e. The fourth-order valence-electron chi connectivity index (χ4n) is 1.75. The number of carbonyl (C=O) groups is 2. The molecule has 5 nitrogen and oxygen atoms in total. The van der Waals surface area contributed by atoms with E-state index < -0.39 is 11.9 Å². The molecule has 1 N–H and O–H groups in total. The second-order valence-corrected chi connectivity index (χ2v) is 4.11. The van der Waals surface area contributed by atoms with E-state index in [4.69, 9.17) is 5.11 Å². The first-order chi connectivity index (χ1) is 6.97. The molecule has 5 heteroatoms. The number of carbonyl (C=O) groups excluding carboxylic acids is 1. The summed E-state index contributed by atoms with van der Waals surface area (Å²) in [5.41, 5.74) is 0. The zero-order valence-electron chi connectivity index (χ0n) is 9.43. The predicted octanol–water partition coefficient (Wildman–Crippen LogP) is 0.853. The van der Waals surface area contributed by atoms with Gasteiger partial charge in [0.1, 0.15) is 0 Å². The average Bonchev–Trinajstić information content (AvgIpc) is 2.20. The molecule has 0 saturated carbocycles. The summed E-state index contributed by atoms with van der Waals surface area (Å²) in [6, 6.07) is 0.0314. The average molecular weight is 214 g/mol. The molecule has 86 valence electrons. The number of urea groups is 1. The number of rotatable bonds is 3. The summed E-state index contributed by atoms with van der Waals surface area (Å²) >= 11 is 0. The minimum atomic E-state index is -0.831. The lowest BCUT2D eigenvalue weighted by atomic mass is 10.0. The monoisotopic (exact) mass is 214 g/mol. The Morgan fingerprint density at radius 2 is 2.20 bits per heavy atom. The Kier molecular flexibility index (Phi) is 3.55. The molecule has 1 aliphatic heterocycles. The third-order valence-electron chi connectivity index (χ3n) is 2.96. The highest BCUT2D eigenvalue weighted by atomic mass is 16.4. The fourth-order valence-corrected chi connectivity index (χ4v) is 1.75. The van der Waals surface area contributed by atoms with Crippen LogP contribution in [0.2, 0.25) is 0 Å². The second kappa shape index (κ2) is 4.51. The summed E-state index contributed by atoms with van der Waals surface area (Å²) in [5, 5.41) is 8.95. The van der Waals surface area contributed by atoms with Crippen molar-refractivity contribution in [2.24, 2.45) is 5.92 Å². The molecule has 0 aromatic carbocycles. The summed E-state index contributed by atoms with van der Waals surface area (Å²) in [5.74, 6) is -1.30. The van der Waals surface area contributed by atoms with Crippen molar-refractivity contribution in [3.8, 4) is 0 Å². The van der Waals surface area contributed by atoms with Crippen LogP contribution in [0, 0.1) is 5.92 Å². The highest BCUT2D eigenvalue weighted by molar-refractivity contribution is 5.79. The Morgan fingerprint density at radius 1 is 1.60 bits per heavy atom. The zero-order valence-corrected chi connectivity index (χ0v) is 9.43. The molecule has 15 heavy (non-hydrogen) atoms. The van der Waals surface area contributed by atoms with E-state index in [2.05, 4.69) is 0 Å². The summed E-state index contributed by atoms with van der Waals surface area (Å²) in [7, 11) is 1.65. The third kappa shape index (κ3) is 2.40. The largest absolute Gasteiger partial charge is 0.481 e. The van der Waals surface area contributed by atoms with Gasteiger partial charge in [0.15, 0.2) is 0 Å². The molecule has 1 aliphatic rings. The molecule has 2 amide bonds. The van der Waals surface area contributed by atoms with Crippen LogP contribution < -0.4 is 0 Å². The Balaban J connectivity index is 2.77.